The maximum atomic E-state index is 3.07. The third-order valence-electron chi connectivity index (χ3n) is 2.12. The van der Waals surface area contributed by atoms with Crippen molar-refractivity contribution >= 4 is 10.9 Å². The van der Waals surface area contributed by atoms with Crippen LogP contribution in [0.3, 0.4) is 0 Å². The molecular weight excluding hydrogens is 235 g/mol. The summed E-state index contributed by atoms with van der Waals surface area (Å²) in [5.74, 6) is 0. The van der Waals surface area contributed by atoms with Gasteiger partial charge in [-0.05, 0) is 20.0 Å². The molecule has 0 amide bonds. The summed E-state index contributed by atoms with van der Waals surface area (Å²) in [6.07, 6.45) is 2.13. The molecule has 1 heterocycles. The molecule has 65 valence electrons. The number of rotatable bonds is 1. The molecule has 2 aromatic rings. The standard InChI is InChI=1S/C11H12N.Y/c1-9(2)12-8-7-10-5-3-4-6-11(10)12;/h4-9H,1-2H3;/q-1;. The summed E-state index contributed by atoms with van der Waals surface area (Å²) in [5.41, 5.74) is 1.30. The minimum absolute atomic E-state index is 0. The molecule has 1 radical (unpaired) electrons. The molecule has 1 aromatic heterocycles. The molecule has 0 saturated heterocycles. The minimum atomic E-state index is 0. The van der Waals surface area contributed by atoms with Crippen molar-refractivity contribution < 1.29 is 32.7 Å². The van der Waals surface area contributed by atoms with Crippen molar-refractivity contribution in [2.24, 2.45) is 0 Å². The second-order valence-electron chi connectivity index (χ2n) is 3.30. The van der Waals surface area contributed by atoms with Gasteiger partial charge in [-0.3, -0.25) is 0 Å². The van der Waals surface area contributed by atoms with Crippen molar-refractivity contribution in [3.8, 4) is 0 Å². The van der Waals surface area contributed by atoms with E-state index in [4.69, 9.17) is 0 Å². The van der Waals surface area contributed by atoms with E-state index in [0.29, 0.717) is 6.04 Å². The van der Waals surface area contributed by atoms with Crippen LogP contribution >= 0.6 is 0 Å². The predicted molar refractivity (Wildman–Crippen MR) is 51.2 cm³/mol. The molecule has 2 rings (SSSR count). The topological polar surface area (TPSA) is 4.93 Å². The van der Waals surface area contributed by atoms with Gasteiger partial charge in [0.15, 0.2) is 0 Å². The summed E-state index contributed by atoms with van der Waals surface area (Å²) in [4.78, 5) is 0. The monoisotopic (exact) mass is 247 g/mol. The molecular formula is C11H12NY-. The average molecular weight is 247 g/mol. The SMILES string of the molecule is CC(C)n1ccc2c[c-]ccc21.[Y]. The fraction of sp³-hybridized carbons (Fsp3) is 0.273. The first-order valence-corrected chi connectivity index (χ1v) is 4.25. The predicted octanol–water partition coefficient (Wildman–Crippen LogP) is 3.02. The van der Waals surface area contributed by atoms with Gasteiger partial charge in [0.2, 0.25) is 0 Å². The maximum absolute atomic E-state index is 3.07. The van der Waals surface area contributed by atoms with E-state index in [1.807, 2.05) is 12.1 Å². The van der Waals surface area contributed by atoms with Crippen LogP contribution in [0, 0.1) is 6.07 Å². The largest absolute Gasteiger partial charge is 0.369 e. The fourth-order valence-corrected chi connectivity index (χ4v) is 1.49. The van der Waals surface area contributed by atoms with Gasteiger partial charge in [-0.15, -0.1) is 11.5 Å². The number of fused-ring (bicyclic) bond motifs is 1. The van der Waals surface area contributed by atoms with Gasteiger partial charge < -0.3 is 4.57 Å². The number of hydrogen-bond acceptors (Lipinski definition) is 0. The Balaban J connectivity index is 0.000000845. The average Bonchev–Trinajstić information content (AvgIpc) is 2.47. The van der Waals surface area contributed by atoms with E-state index >= 15 is 0 Å². The molecule has 0 saturated carbocycles. The zero-order valence-corrected chi connectivity index (χ0v) is 10.8. The van der Waals surface area contributed by atoms with E-state index < -0.39 is 0 Å². The smallest absolute Gasteiger partial charge is 0.0257 e. The summed E-state index contributed by atoms with van der Waals surface area (Å²) in [6, 6.07) is 11.8. The number of hydrogen-bond donors (Lipinski definition) is 0. The summed E-state index contributed by atoms with van der Waals surface area (Å²) in [6.45, 7) is 4.38. The van der Waals surface area contributed by atoms with E-state index in [1.165, 1.54) is 10.9 Å². The summed E-state index contributed by atoms with van der Waals surface area (Å²) in [5, 5.41) is 1.27. The van der Waals surface area contributed by atoms with Crippen LogP contribution in [0.5, 0.6) is 0 Å². The molecule has 0 fully saturated rings. The van der Waals surface area contributed by atoms with E-state index in [-0.39, 0.29) is 32.7 Å². The Morgan fingerprint density at radius 2 is 2.08 bits per heavy atom. The zero-order chi connectivity index (χ0) is 8.55. The van der Waals surface area contributed by atoms with E-state index in [9.17, 15) is 0 Å². The fourth-order valence-electron chi connectivity index (χ4n) is 1.49. The molecule has 0 spiro atoms. The molecule has 1 aromatic carbocycles. The van der Waals surface area contributed by atoms with Crippen molar-refractivity contribution in [2.45, 2.75) is 19.9 Å². The Morgan fingerprint density at radius 1 is 1.31 bits per heavy atom. The summed E-state index contributed by atoms with van der Waals surface area (Å²) in [7, 11) is 0. The van der Waals surface area contributed by atoms with E-state index in [2.05, 4.69) is 42.8 Å². The van der Waals surface area contributed by atoms with Gasteiger partial charge in [-0.2, -0.15) is 18.2 Å². The first kappa shape index (κ1) is 10.9. The molecule has 0 unspecified atom stereocenters. The number of nitrogens with zero attached hydrogens (tertiary/aromatic N) is 1. The van der Waals surface area contributed by atoms with Crippen molar-refractivity contribution in [3.05, 3.63) is 36.5 Å². The normalized spacial score (nSPS) is 10.4. The zero-order valence-electron chi connectivity index (χ0n) is 7.99. The van der Waals surface area contributed by atoms with Crippen LogP contribution in [0.2, 0.25) is 0 Å². The van der Waals surface area contributed by atoms with Gasteiger partial charge >= 0.3 is 0 Å². The molecule has 13 heavy (non-hydrogen) atoms. The van der Waals surface area contributed by atoms with Gasteiger partial charge in [0, 0.05) is 38.8 Å². The first-order valence-electron chi connectivity index (χ1n) is 4.25. The Hall–Kier alpha value is -0.136. The van der Waals surface area contributed by atoms with Crippen LogP contribution in [0.15, 0.2) is 30.5 Å². The second-order valence-corrected chi connectivity index (χ2v) is 3.30. The van der Waals surface area contributed by atoms with Crippen molar-refractivity contribution in [2.75, 3.05) is 0 Å². The third-order valence-corrected chi connectivity index (χ3v) is 2.12. The van der Waals surface area contributed by atoms with Gasteiger partial charge in [0.05, 0.1) is 0 Å². The Morgan fingerprint density at radius 3 is 2.77 bits per heavy atom. The van der Waals surface area contributed by atoms with E-state index in [1.54, 1.807) is 0 Å². The summed E-state index contributed by atoms with van der Waals surface area (Å²) >= 11 is 0. The molecule has 0 N–H and O–H groups in total. The molecule has 0 bridgehead atoms. The quantitative estimate of drug-likeness (QED) is 0.682. The van der Waals surface area contributed by atoms with Gasteiger partial charge in [0.25, 0.3) is 0 Å². The number of benzene rings is 1. The molecule has 0 aliphatic rings. The van der Waals surface area contributed by atoms with Crippen molar-refractivity contribution in [1.29, 1.82) is 0 Å². The molecule has 1 nitrogen and oxygen atoms in total. The van der Waals surface area contributed by atoms with E-state index in [0.717, 1.165) is 0 Å². The Bertz CT molecular complexity index is 390. The third kappa shape index (κ3) is 2.03. The Kier molecular flexibility index (Phi) is 3.69. The minimum Gasteiger partial charge on any atom is -0.369 e. The van der Waals surface area contributed by atoms with Gasteiger partial charge in [-0.25, -0.2) is 0 Å². The molecule has 2 heteroatoms. The van der Waals surface area contributed by atoms with Crippen LogP contribution < -0.4 is 0 Å². The second kappa shape index (κ2) is 4.39. The molecule has 0 aliphatic carbocycles. The summed E-state index contributed by atoms with van der Waals surface area (Å²) < 4.78 is 2.27. The maximum Gasteiger partial charge on any atom is 0.0257 e. The van der Waals surface area contributed by atoms with Crippen LogP contribution in [0.25, 0.3) is 10.9 Å². The van der Waals surface area contributed by atoms with Crippen LogP contribution in [-0.2, 0) is 32.7 Å². The molecule has 0 atom stereocenters. The van der Waals surface area contributed by atoms with Crippen LogP contribution in [0.1, 0.15) is 19.9 Å². The molecule has 0 aliphatic heterocycles. The van der Waals surface area contributed by atoms with Crippen molar-refractivity contribution in [1.82, 2.24) is 4.57 Å². The van der Waals surface area contributed by atoms with Gasteiger partial charge in [0.1, 0.15) is 0 Å². The van der Waals surface area contributed by atoms with Gasteiger partial charge in [-0.1, -0.05) is 11.6 Å². The van der Waals surface area contributed by atoms with Crippen LogP contribution in [-0.4, -0.2) is 4.57 Å². The van der Waals surface area contributed by atoms with Crippen molar-refractivity contribution in [3.63, 3.8) is 0 Å². The number of aromatic nitrogens is 1. The Labute approximate surface area is 104 Å². The first-order chi connectivity index (χ1) is 5.79. The van der Waals surface area contributed by atoms with Crippen LogP contribution in [0.4, 0.5) is 0 Å².